The molecule has 3 N–H and O–H groups in total. The molecule has 1 saturated carbocycles. The van der Waals surface area contributed by atoms with Gasteiger partial charge in [-0.3, -0.25) is 19.7 Å². The number of amides is 3. The van der Waals surface area contributed by atoms with E-state index in [4.69, 9.17) is 0 Å². The van der Waals surface area contributed by atoms with Crippen LogP contribution in [-0.4, -0.2) is 47.8 Å². The van der Waals surface area contributed by atoms with Crippen LogP contribution in [0.15, 0.2) is 18.2 Å². The zero-order valence-corrected chi connectivity index (χ0v) is 16.8. The number of imide groups is 1. The summed E-state index contributed by atoms with van der Waals surface area (Å²) in [6.07, 6.45) is 7.06. The molecule has 1 saturated heterocycles. The molecule has 2 fully saturated rings. The van der Waals surface area contributed by atoms with E-state index in [0.29, 0.717) is 31.1 Å². The van der Waals surface area contributed by atoms with Crippen molar-refractivity contribution in [3.63, 3.8) is 0 Å². The van der Waals surface area contributed by atoms with E-state index in [1.807, 2.05) is 18.2 Å². The Hall–Kier alpha value is -2.25. The highest BCUT2D eigenvalue weighted by Gasteiger charge is 2.39. The maximum atomic E-state index is 12.8. The van der Waals surface area contributed by atoms with Gasteiger partial charge in [0, 0.05) is 31.1 Å². The van der Waals surface area contributed by atoms with Crippen LogP contribution in [0, 0.1) is 0 Å². The quantitative estimate of drug-likeness (QED) is 0.456. The van der Waals surface area contributed by atoms with Gasteiger partial charge in [-0.15, -0.1) is 0 Å². The summed E-state index contributed by atoms with van der Waals surface area (Å²) in [4.78, 5) is 38.1. The standard InChI is InChI=1S/C22H30N4O3/c27-20-10-9-19(21(28)25-20)26-14-18-15(5-3-8-17(18)22(26)29)13-23-11-4-12-24-16-6-1-2-7-16/h3,5,8,16,19,23-24H,1-2,4,6-7,9-14H2,(H,25,27,28). The lowest BCUT2D eigenvalue weighted by molar-refractivity contribution is -0.136. The van der Waals surface area contributed by atoms with E-state index in [0.717, 1.165) is 30.6 Å². The van der Waals surface area contributed by atoms with E-state index in [2.05, 4.69) is 16.0 Å². The van der Waals surface area contributed by atoms with Crippen molar-refractivity contribution in [3.05, 3.63) is 34.9 Å². The Morgan fingerprint density at radius 2 is 1.90 bits per heavy atom. The molecule has 3 amide bonds. The van der Waals surface area contributed by atoms with Gasteiger partial charge in [-0.25, -0.2) is 0 Å². The molecule has 3 aliphatic rings. The predicted molar refractivity (Wildman–Crippen MR) is 109 cm³/mol. The average molecular weight is 399 g/mol. The summed E-state index contributed by atoms with van der Waals surface area (Å²) >= 11 is 0. The van der Waals surface area contributed by atoms with E-state index < -0.39 is 6.04 Å². The minimum atomic E-state index is -0.560. The lowest BCUT2D eigenvalue weighted by Gasteiger charge is -2.29. The second kappa shape index (κ2) is 9.05. The number of fused-ring (bicyclic) bond motifs is 1. The Morgan fingerprint density at radius 3 is 2.69 bits per heavy atom. The summed E-state index contributed by atoms with van der Waals surface area (Å²) in [5.41, 5.74) is 2.78. The number of rotatable bonds is 8. The summed E-state index contributed by atoms with van der Waals surface area (Å²) in [7, 11) is 0. The van der Waals surface area contributed by atoms with Crippen molar-refractivity contribution in [1.82, 2.24) is 20.9 Å². The summed E-state index contributed by atoms with van der Waals surface area (Å²) in [5.74, 6) is -0.739. The van der Waals surface area contributed by atoms with E-state index >= 15 is 0 Å². The van der Waals surface area contributed by atoms with Crippen molar-refractivity contribution >= 4 is 17.7 Å². The second-order valence-corrected chi connectivity index (χ2v) is 8.31. The number of piperidine rings is 1. The fourth-order valence-corrected chi connectivity index (χ4v) is 4.69. The van der Waals surface area contributed by atoms with Gasteiger partial charge in [0.15, 0.2) is 0 Å². The van der Waals surface area contributed by atoms with Crippen LogP contribution in [0.4, 0.5) is 0 Å². The third-order valence-electron chi connectivity index (χ3n) is 6.31. The van der Waals surface area contributed by atoms with Crippen molar-refractivity contribution in [2.75, 3.05) is 13.1 Å². The van der Waals surface area contributed by atoms with Gasteiger partial charge in [-0.05, 0) is 56.0 Å². The molecule has 4 rings (SSSR count). The molecule has 0 spiro atoms. The first kappa shape index (κ1) is 20.0. The van der Waals surface area contributed by atoms with Gasteiger partial charge >= 0.3 is 0 Å². The number of hydrogen-bond donors (Lipinski definition) is 3. The number of carbonyl (C=O) groups is 3. The van der Waals surface area contributed by atoms with Crippen LogP contribution in [-0.2, 0) is 22.7 Å². The van der Waals surface area contributed by atoms with Gasteiger partial charge in [-0.2, -0.15) is 0 Å². The lowest BCUT2D eigenvalue weighted by Crippen LogP contribution is -2.52. The van der Waals surface area contributed by atoms with Crippen molar-refractivity contribution in [2.24, 2.45) is 0 Å². The average Bonchev–Trinajstić information content (AvgIpc) is 3.34. The number of hydrogen-bond acceptors (Lipinski definition) is 5. The first-order chi connectivity index (χ1) is 14.1. The highest BCUT2D eigenvalue weighted by atomic mass is 16.2. The SMILES string of the molecule is O=C1CCC(N2Cc3c(CNCCCNC4CCCC4)cccc3C2=O)C(=O)N1. The normalized spacial score (nSPS) is 22.3. The van der Waals surface area contributed by atoms with E-state index in [-0.39, 0.29) is 24.1 Å². The molecule has 1 atom stereocenters. The Bertz CT molecular complexity index is 788. The summed E-state index contributed by atoms with van der Waals surface area (Å²) in [5, 5.41) is 9.46. The highest BCUT2D eigenvalue weighted by molar-refractivity contribution is 6.05. The number of benzene rings is 1. The largest absolute Gasteiger partial charge is 0.322 e. The molecule has 1 aromatic carbocycles. The Morgan fingerprint density at radius 1 is 1.07 bits per heavy atom. The highest BCUT2D eigenvalue weighted by Crippen LogP contribution is 2.29. The molecular formula is C22H30N4O3. The molecule has 0 radical (unpaired) electrons. The zero-order valence-electron chi connectivity index (χ0n) is 16.8. The van der Waals surface area contributed by atoms with Crippen LogP contribution < -0.4 is 16.0 Å². The molecule has 2 heterocycles. The van der Waals surface area contributed by atoms with Crippen molar-refractivity contribution in [1.29, 1.82) is 0 Å². The molecule has 7 nitrogen and oxygen atoms in total. The van der Waals surface area contributed by atoms with Gasteiger partial charge in [0.1, 0.15) is 6.04 Å². The van der Waals surface area contributed by atoms with E-state index in [1.54, 1.807) is 4.90 Å². The first-order valence-electron chi connectivity index (χ1n) is 10.8. The maximum absolute atomic E-state index is 12.8. The minimum Gasteiger partial charge on any atom is -0.322 e. The fourth-order valence-electron chi connectivity index (χ4n) is 4.69. The van der Waals surface area contributed by atoms with Gasteiger partial charge in [0.25, 0.3) is 5.91 Å². The van der Waals surface area contributed by atoms with Crippen LogP contribution in [0.1, 0.15) is 66.4 Å². The fraction of sp³-hybridized carbons (Fsp3) is 0.591. The lowest BCUT2D eigenvalue weighted by atomic mass is 10.0. The molecule has 0 aromatic heterocycles. The summed E-state index contributed by atoms with van der Waals surface area (Å²) < 4.78 is 0. The molecule has 7 heteroatoms. The third-order valence-corrected chi connectivity index (χ3v) is 6.31. The molecule has 0 bridgehead atoms. The van der Waals surface area contributed by atoms with Gasteiger partial charge in [0.05, 0.1) is 0 Å². The Labute approximate surface area is 171 Å². The number of nitrogens with zero attached hydrogens (tertiary/aromatic N) is 1. The predicted octanol–water partition coefficient (Wildman–Crippen LogP) is 1.46. The molecule has 1 aromatic rings. The first-order valence-corrected chi connectivity index (χ1v) is 10.8. The molecule has 2 aliphatic heterocycles. The second-order valence-electron chi connectivity index (χ2n) is 8.31. The van der Waals surface area contributed by atoms with Crippen molar-refractivity contribution in [3.8, 4) is 0 Å². The minimum absolute atomic E-state index is 0.114. The van der Waals surface area contributed by atoms with E-state index in [9.17, 15) is 14.4 Å². The summed E-state index contributed by atoms with van der Waals surface area (Å²) in [6.45, 7) is 3.10. The Kier molecular flexibility index (Phi) is 6.25. The van der Waals surface area contributed by atoms with E-state index in [1.165, 1.54) is 25.7 Å². The number of carbonyl (C=O) groups excluding carboxylic acids is 3. The van der Waals surface area contributed by atoms with Crippen LogP contribution in [0.3, 0.4) is 0 Å². The molecular weight excluding hydrogens is 368 g/mol. The molecule has 1 aliphatic carbocycles. The van der Waals surface area contributed by atoms with Crippen LogP contribution >= 0.6 is 0 Å². The smallest absolute Gasteiger partial charge is 0.255 e. The summed E-state index contributed by atoms with van der Waals surface area (Å²) in [6, 6.07) is 5.93. The van der Waals surface area contributed by atoms with Gasteiger partial charge < -0.3 is 15.5 Å². The third kappa shape index (κ3) is 4.51. The topological polar surface area (TPSA) is 90.5 Å². The number of nitrogens with one attached hydrogen (secondary N) is 3. The molecule has 156 valence electrons. The monoisotopic (exact) mass is 398 g/mol. The van der Waals surface area contributed by atoms with Crippen molar-refractivity contribution < 1.29 is 14.4 Å². The molecule has 1 unspecified atom stereocenters. The Balaban J connectivity index is 1.30. The van der Waals surface area contributed by atoms with Crippen LogP contribution in [0.25, 0.3) is 0 Å². The zero-order chi connectivity index (χ0) is 20.2. The molecule has 29 heavy (non-hydrogen) atoms. The van der Waals surface area contributed by atoms with Gasteiger partial charge in [0.2, 0.25) is 11.8 Å². The van der Waals surface area contributed by atoms with Crippen molar-refractivity contribution in [2.45, 2.75) is 70.1 Å². The van der Waals surface area contributed by atoms with Gasteiger partial charge in [-0.1, -0.05) is 25.0 Å². The van der Waals surface area contributed by atoms with Crippen LogP contribution in [0.5, 0.6) is 0 Å². The maximum Gasteiger partial charge on any atom is 0.255 e. The van der Waals surface area contributed by atoms with Crippen LogP contribution in [0.2, 0.25) is 0 Å².